The van der Waals surface area contributed by atoms with E-state index >= 15 is 0 Å². The molecule has 7 nitrogen and oxygen atoms in total. The van der Waals surface area contributed by atoms with Crippen LogP contribution in [-0.2, 0) is 30.4 Å². The Morgan fingerprint density at radius 1 is 0.833 bits per heavy atom. The van der Waals surface area contributed by atoms with Crippen molar-refractivity contribution in [2.45, 2.75) is 26.4 Å². The first kappa shape index (κ1) is 22.0. The lowest BCUT2D eigenvalue weighted by molar-refractivity contribution is -0.143. The van der Waals surface area contributed by atoms with Crippen LogP contribution in [0.5, 0.6) is 0 Å². The number of ether oxygens (including phenoxy) is 3. The van der Waals surface area contributed by atoms with Crippen LogP contribution in [0.15, 0.2) is 30.3 Å². The van der Waals surface area contributed by atoms with Gasteiger partial charge in [-0.3, -0.25) is 9.59 Å². The maximum absolute atomic E-state index is 9.64. The third-order valence-corrected chi connectivity index (χ3v) is 2.61. The molecule has 0 aliphatic rings. The molecule has 0 aliphatic carbocycles. The Balaban J connectivity index is 0.000000561. The molecule has 0 unspecified atom stereocenters. The Kier molecular flexibility index (Phi) is 14.6. The average molecular weight is 342 g/mol. The fourth-order valence-electron chi connectivity index (χ4n) is 1.46. The van der Waals surface area contributed by atoms with Crippen LogP contribution in [0.25, 0.3) is 0 Å². The molecule has 1 aromatic carbocycles. The quantitative estimate of drug-likeness (QED) is 0.561. The first-order valence-corrected chi connectivity index (χ1v) is 7.77. The van der Waals surface area contributed by atoms with Gasteiger partial charge in [-0.25, -0.2) is 0 Å². The summed E-state index contributed by atoms with van der Waals surface area (Å²) in [6.45, 7) is 5.92. The second kappa shape index (κ2) is 15.9. The number of hydrogen-bond donors (Lipinski definition) is 2. The Hall–Kier alpha value is -1.96. The minimum absolute atomic E-state index is 0.296. The van der Waals surface area contributed by atoms with Gasteiger partial charge in [0.1, 0.15) is 0 Å². The molecule has 0 aromatic heterocycles. The fraction of sp³-hybridized carbons (Fsp3) is 0.529. The van der Waals surface area contributed by atoms with E-state index in [1.54, 1.807) is 0 Å². The second-order valence-electron chi connectivity index (χ2n) is 4.63. The maximum atomic E-state index is 9.64. The zero-order valence-electron chi connectivity index (χ0n) is 14.0. The van der Waals surface area contributed by atoms with Gasteiger partial charge in [0.15, 0.2) is 0 Å². The van der Waals surface area contributed by atoms with Crippen molar-refractivity contribution in [1.29, 1.82) is 0 Å². The standard InChI is InChI=1S/C13H20O3.C4H6O4/c1-2-14-8-9-15-10-11-16-12-13-6-4-3-5-7-13;5-3(6)1-2-4(7)8/h3-7H,2,8-12H2,1H3;1-2H2,(H,5,6)(H,7,8). The van der Waals surface area contributed by atoms with Gasteiger partial charge >= 0.3 is 11.9 Å². The highest BCUT2D eigenvalue weighted by molar-refractivity contribution is 5.75. The van der Waals surface area contributed by atoms with Crippen molar-refractivity contribution >= 4 is 11.9 Å². The lowest BCUT2D eigenvalue weighted by atomic mass is 10.2. The number of rotatable bonds is 12. The predicted molar refractivity (Wildman–Crippen MR) is 87.9 cm³/mol. The number of carboxylic acid groups (broad SMARTS) is 2. The van der Waals surface area contributed by atoms with E-state index in [-0.39, 0.29) is 12.8 Å². The van der Waals surface area contributed by atoms with Gasteiger partial charge in [-0.05, 0) is 12.5 Å². The van der Waals surface area contributed by atoms with Crippen LogP contribution in [0.3, 0.4) is 0 Å². The van der Waals surface area contributed by atoms with Gasteiger partial charge in [0.2, 0.25) is 0 Å². The van der Waals surface area contributed by atoms with E-state index < -0.39 is 11.9 Å². The van der Waals surface area contributed by atoms with Crippen LogP contribution in [0.2, 0.25) is 0 Å². The summed E-state index contributed by atoms with van der Waals surface area (Å²) in [5.74, 6) is -2.15. The van der Waals surface area contributed by atoms with E-state index in [2.05, 4.69) is 12.1 Å². The monoisotopic (exact) mass is 342 g/mol. The lowest BCUT2D eigenvalue weighted by Crippen LogP contribution is -2.09. The largest absolute Gasteiger partial charge is 0.481 e. The van der Waals surface area contributed by atoms with Crippen molar-refractivity contribution < 1.29 is 34.0 Å². The first-order valence-electron chi connectivity index (χ1n) is 7.77. The van der Waals surface area contributed by atoms with Crippen LogP contribution in [0, 0.1) is 0 Å². The average Bonchev–Trinajstić information content (AvgIpc) is 2.57. The molecule has 0 heterocycles. The van der Waals surface area contributed by atoms with Crippen LogP contribution in [-0.4, -0.2) is 55.2 Å². The fourth-order valence-corrected chi connectivity index (χ4v) is 1.46. The summed E-state index contributed by atoms with van der Waals surface area (Å²) in [7, 11) is 0. The van der Waals surface area contributed by atoms with Gasteiger partial charge in [-0.2, -0.15) is 0 Å². The third kappa shape index (κ3) is 16.4. The molecule has 0 bridgehead atoms. The minimum atomic E-state index is -1.08. The van der Waals surface area contributed by atoms with Crippen molar-refractivity contribution in [2.24, 2.45) is 0 Å². The summed E-state index contributed by atoms with van der Waals surface area (Å²) in [4.78, 5) is 19.3. The Morgan fingerprint density at radius 2 is 1.33 bits per heavy atom. The SMILES string of the molecule is CCOCCOCCOCc1ccccc1.O=C(O)CCC(=O)O. The molecule has 0 fully saturated rings. The van der Waals surface area contributed by atoms with Crippen LogP contribution in [0.1, 0.15) is 25.3 Å². The molecular weight excluding hydrogens is 316 g/mol. The molecule has 136 valence electrons. The van der Waals surface area contributed by atoms with Gasteiger partial charge in [-0.1, -0.05) is 30.3 Å². The summed E-state index contributed by atoms with van der Waals surface area (Å²) in [6.07, 6.45) is -0.593. The van der Waals surface area contributed by atoms with E-state index in [0.717, 1.165) is 6.61 Å². The van der Waals surface area contributed by atoms with E-state index in [1.165, 1.54) is 5.56 Å². The number of benzene rings is 1. The van der Waals surface area contributed by atoms with Crippen molar-refractivity contribution in [1.82, 2.24) is 0 Å². The number of carbonyl (C=O) groups is 2. The highest BCUT2D eigenvalue weighted by atomic mass is 16.5. The van der Waals surface area contributed by atoms with Gasteiger partial charge in [-0.15, -0.1) is 0 Å². The topological polar surface area (TPSA) is 102 Å². The molecule has 0 radical (unpaired) electrons. The van der Waals surface area contributed by atoms with Gasteiger partial charge in [0.25, 0.3) is 0 Å². The Morgan fingerprint density at radius 3 is 1.83 bits per heavy atom. The van der Waals surface area contributed by atoms with E-state index in [0.29, 0.717) is 33.0 Å². The van der Waals surface area contributed by atoms with Crippen LogP contribution < -0.4 is 0 Å². The molecule has 2 N–H and O–H groups in total. The molecule has 24 heavy (non-hydrogen) atoms. The lowest BCUT2D eigenvalue weighted by Gasteiger charge is -2.05. The first-order chi connectivity index (χ1) is 11.6. The van der Waals surface area contributed by atoms with Crippen molar-refractivity contribution in [3.8, 4) is 0 Å². The van der Waals surface area contributed by atoms with Gasteiger partial charge < -0.3 is 24.4 Å². The molecule has 1 rings (SSSR count). The highest BCUT2D eigenvalue weighted by Crippen LogP contribution is 1.99. The highest BCUT2D eigenvalue weighted by Gasteiger charge is 2.00. The van der Waals surface area contributed by atoms with E-state index in [1.807, 2.05) is 25.1 Å². The zero-order chi connectivity index (χ0) is 18.0. The third-order valence-electron chi connectivity index (χ3n) is 2.61. The number of hydrogen-bond acceptors (Lipinski definition) is 5. The van der Waals surface area contributed by atoms with Gasteiger partial charge in [0, 0.05) is 6.61 Å². The molecule has 0 saturated heterocycles. The molecule has 0 amide bonds. The maximum Gasteiger partial charge on any atom is 0.303 e. The zero-order valence-corrected chi connectivity index (χ0v) is 14.0. The van der Waals surface area contributed by atoms with Crippen LogP contribution in [0.4, 0.5) is 0 Å². The summed E-state index contributed by atoms with van der Waals surface area (Å²) in [5, 5.41) is 15.8. The molecule has 1 aromatic rings. The molecule has 0 atom stereocenters. The summed E-state index contributed by atoms with van der Waals surface area (Å²) < 4.78 is 15.9. The van der Waals surface area contributed by atoms with Crippen molar-refractivity contribution in [3.63, 3.8) is 0 Å². The molecule has 7 heteroatoms. The second-order valence-corrected chi connectivity index (χ2v) is 4.63. The van der Waals surface area contributed by atoms with Crippen LogP contribution >= 0.6 is 0 Å². The predicted octanol–water partition coefficient (Wildman–Crippen LogP) is 2.19. The number of aliphatic carboxylic acids is 2. The molecule has 0 saturated carbocycles. The van der Waals surface area contributed by atoms with E-state index in [9.17, 15) is 9.59 Å². The Labute approximate surface area is 142 Å². The molecule has 0 spiro atoms. The van der Waals surface area contributed by atoms with Gasteiger partial charge in [0.05, 0.1) is 45.9 Å². The van der Waals surface area contributed by atoms with Crippen molar-refractivity contribution in [2.75, 3.05) is 33.0 Å². The van der Waals surface area contributed by atoms with Crippen molar-refractivity contribution in [3.05, 3.63) is 35.9 Å². The Bertz CT molecular complexity index is 420. The summed E-state index contributed by atoms with van der Waals surface area (Å²) in [6, 6.07) is 10.1. The number of carboxylic acids is 2. The van der Waals surface area contributed by atoms with E-state index in [4.69, 9.17) is 24.4 Å². The summed E-state index contributed by atoms with van der Waals surface area (Å²) in [5.41, 5.74) is 1.19. The smallest absolute Gasteiger partial charge is 0.303 e. The summed E-state index contributed by atoms with van der Waals surface area (Å²) >= 11 is 0. The molecule has 0 aliphatic heterocycles. The molecular formula is C17H26O7. The normalized spacial score (nSPS) is 9.88. The minimum Gasteiger partial charge on any atom is -0.481 e.